The first kappa shape index (κ1) is 13.8. The van der Waals surface area contributed by atoms with Crippen molar-refractivity contribution in [2.45, 2.75) is 10.6 Å². The van der Waals surface area contributed by atoms with Crippen LogP contribution in [0, 0.1) is 0 Å². The fourth-order valence-electron chi connectivity index (χ4n) is 2.06. The third kappa shape index (κ3) is 3.50. The molecule has 3 aromatic rings. The van der Waals surface area contributed by atoms with E-state index in [2.05, 4.69) is 18.2 Å². The molecule has 0 saturated carbocycles. The van der Waals surface area contributed by atoms with Crippen LogP contribution in [0.4, 0.5) is 0 Å². The first-order valence-electron chi connectivity index (χ1n) is 6.75. The summed E-state index contributed by atoms with van der Waals surface area (Å²) in [4.78, 5) is 1.25. The molecule has 0 aliphatic heterocycles. The summed E-state index contributed by atoms with van der Waals surface area (Å²) in [6, 6.07) is 20.4. The standard InChI is InChI=1S/C18H16O2S/c1-19-16-9-7-14(8-10-16)15-11-17(20-12-15)13-21-18-5-3-2-4-6-18/h2-12H,13H2,1H3. The normalized spacial score (nSPS) is 10.5. The molecule has 0 bridgehead atoms. The van der Waals surface area contributed by atoms with E-state index < -0.39 is 0 Å². The zero-order valence-corrected chi connectivity index (χ0v) is 12.6. The Morgan fingerprint density at radius 2 is 1.71 bits per heavy atom. The lowest BCUT2D eigenvalue weighted by molar-refractivity contribution is 0.415. The van der Waals surface area contributed by atoms with Crippen LogP contribution in [0.2, 0.25) is 0 Å². The van der Waals surface area contributed by atoms with Crippen LogP contribution in [0.3, 0.4) is 0 Å². The molecule has 2 nitrogen and oxygen atoms in total. The van der Waals surface area contributed by atoms with E-state index in [4.69, 9.17) is 9.15 Å². The van der Waals surface area contributed by atoms with Crippen molar-refractivity contribution in [2.24, 2.45) is 0 Å². The van der Waals surface area contributed by atoms with Crippen molar-refractivity contribution in [1.82, 2.24) is 0 Å². The molecule has 0 atom stereocenters. The van der Waals surface area contributed by atoms with Gasteiger partial charge in [-0.25, -0.2) is 0 Å². The molecule has 0 unspecified atom stereocenters. The van der Waals surface area contributed by atoms with E-state index >= 15 is 0 Å². The van der Waals surface area contributed by atoms with Crippen molar-refractivity contribution in [3.8, 4) is 16.9 Å². The average molecular weight is 296 g/mol. The number of methoxy groups -OCH3 is 1. The lowest BCUT2D eigenvalue weighted by atomic mass is 10.1. The van der Waals surface area contributed by atoms with E-state index in [0.29, 0.717) is 0 Å². The lowest BCUT2D eigenvalue weighted by Crippen LogP contribution is -1.81. The Kier molecular flexibility index (Phi) is 4.31. The van der Waals surface area contributed by atoms with Gasteiger partial charge in [0.05, 0.1) is 19.1 Å². The molecule has 0 radical (unpaired) electrons. The van der Waals surface area contributed by atoms with E-state index in [1.165, 1.54) is 4.90 Å². The van der Waals surface area contributed by atoms with Gasteiger partial charge in [0, 0.05) is 10.5 Å². The van der Waals surface area contributed by atoms with Crippen LogP contribution in [-0.4, -0.2) is 7.11 Å². The topological polar surface area (TPSA) is 22.4 Å². The third-order valence-electron chi connectivity index (χ3n) is 3.20. The Morgan fingerprint density at radius 3 is 2.43 bits per heavy atom. The molecule has 2 aromatic carbocycles. The quantitative estimate of drug-likeness (QED) is 0.601. The van der Waals surface area contributed by atoms with Gasteiger partial charge in [-0.15, -0.1) is 11.8 Å². The van der Waals surface area contributed by atoms with Crippen LogP contribution in [0.1, 0.15) is 5.76 Å². The van der Waals surface area contributed by atoms with Crippen molar-refractivity contribution in [3.63, 3.8) is 0 Å². The minimum atomic E-state index is 0.834. The zero-order valence-electron chi connectivity index (χ0n) is 11.8. The van der Waals surface area contributed by atoms with Crippen molar-refractivity contribution in [2.75, 3.05) is 7.11 Å². The van der Waals surface area contributed by atoms with E-state index in [-0.39, 0.29) is 0 Å². The smallest absolute Gasteiger partial charge is 0.118 e. The summed E-state index contributed by atoms with van der Waals surface area (Å²) in [6.07, 6.45) is 1.81. The van der Waals surface area contributed by atoms with E-state index in [1.807, 2.05) is 48.7 Å². The molecule has 0 aliphatic rings. The highest BCUT2D eigenvalue weighted by molar-refractivity contribution is 7.98. The Balaban J connectivity index is 1.68. The summed E-state index contributed by atoms with van der Waals surface area (Å²) >= 11 is 1.77. The molecule has 3 heteroatoms. The van der Waals surface area contributed by atoms with Gasteiger partial charge in [-0.2, -0.15) is 0 Å². The highest BCUT2D eigenvalue weighted by Crippen LogP contribution is 2.28. The van der Waals surface area contributed by atoms with Gasteiger partial charge >= 0.3 is 0 Å². The van der Waals surface area contributed by atoms with Gasteiger partial charge in [-0.3, -0.25) is 0 Å². The van der Waals surface area contributed by atoms with Crippen LogP contribution in [0.15, 0.2) is 76.2 Å². The summed E-state index contributed by atoms with van der Waals surface area (Å²) in [5, 5.41) is 0. The summed E-state index contributed by atoms with van der Waals surface area (Å²) in [5.41, 5.74) is 2.23. The minimum absolute atomic E-state index is 0.834. The molecule has 0 saturated heterocycles. The molecule has 21 heavy (non-hydrogen) atoms. The molecule has 1 heterocycles. The van der Waals surface area contributed by atoms with E-state index in [1.54, 1.807) is 18.9 Å². The third-order valence-corrected chi connectivity index (χ3v) is 4.24. The van der Waals surface area contributed by atoms with Crippen LogP contribution >= 0.6 is 11.8 Å². The fourth-order valence-corrected chi connectivity index (χ4v) is 2.87. The second kappa shape index (κ2) is 6.55. The number of hydrogen-bond donors (Lipinski definition) is 0. The van der Waals surface area contributed by atoms with E-state index in [0.717, 1.165) is 28.4 Å². The van der Waals surface area contributed by atoms with Crippen LogP contribution in [0.5, 0.6) is 5.75 Å². The van der Waals surface area contributed by atoms with Crippen molar-refractivity contribution in [1.29, 1.82) is 0 Å². The largest absolute Gasteiger partial charge is 0.497 e. The lowest BCUT2D eigenvalue weighted by Gasteiger charge is -2.00. The number of furan rings is 1. The average Bonchev–Trinajstić information content (AvgIpc) is 3.03. The first-order valence-corrected chi connectivity index (χ1v) is 7.73. The van der Waals surface area contributed by atoms with Gasteiger partial charge in [0.2, 0.25) is 0 Å². The number of benzene rings is 2. The predicted octanol–water partition coefficient (Wildman–Crippen LogP) is 5.25. The molecule has 0 aliphatic carbocycles. The highest BCUT2D eigenvalue weighted by atomic mass is 32.2. The monoisotopic (exact) mass is 296 g/mol. The zero-order chi connectivity index (χ0) is 14.5. The SMILES string of the molecule is COc1ccc(-c2coc(CSc3ccccc3)c2)cc1. The van der Waals surface area contributed by atoms with Crippen LogP contribution in [0.25, 0.3) is 11.1 Å². The van der Waals surface area contributed by atoms with Crippen molar-refractivity contribution < 1.29 is 9.15 Å². The maximum atomic E-state index is 5.65. The molecule has 3 rings (SSSR count). The molecular formula is C18H16O2S. The molecule has 0 fully saturated rings. The first-order chi connectivity index (χ1) is 10.3. The Hall–Kier alpha value is -2.13. The maximum Gasteiger partial charge on any atom is 0.118 e. The molecule has 0 amide bonds. The second-order valence-electron chi connectivity index (χ2n) is 4.63. The van der Waals surface area contributed by atoms with Gasteiger partial charge in [-0.1, -0.05) is 30.3 Å². The van der Waals surface area contributed by atoms with E-state index in [9.17, 15) is 0 Å². The van der Waals surface area contributed by atoms with Gasteiger partial charge in [0.25, 0.3) is 0 Å². The molecule has 106 valence electrons. The maximum absolute atomic E-state index is 5.65. The van der Waals surface area contributed by atoms with Crippen molar-refractivity contribution >= 4 is 11.8 Å². The Labute approximate surface area is 128 Å². The van der Waals surface area contributed by atoms with Gasteiger partial charge < -0.3 is 9.15 Å². The summed E-state index contributed by atoms with van der Waals surface area (Å²) < 4.78 is 10.8. The fraction of sp³-hybridized carbons (Fsp3) is 0.111. The van der Waals surface area contributed by atoms with Crippen LogP contribution < -0.4 is 4.74 Å². The molecular weight excluding hydrogens is 280 g/mol. The molecule has 0 spiro atoms. The summed E-state index contributed by atoms with van der Waals surface area (Å²) in [6.45, 7) is 0. The summed E-state index contributed by atoms with van der Waals surface area (Å²) in [5.74, 6) is 2.68. The summed E-state index contributed by atoms with van der Waals surface area (Å²) in [7, 11) is 1.67. The highest BCUT2D eigenvalue weighted by Gasteiger charge is 2.05. The Bertz CT molecular complexity index is 687. The second-order valence-corrected chi connectivity index (χ2v) is 5.68. The number of hydrogen-bond acceptors (Lipinski definition) is 3. The van der Waals surface area contributed by atoms with Gasteiger partial charge in [0.1, 0.15) is 11.5 Å². The van der Waals surface area contributed by atoms with Gasteiger partial charge in [0.15, 0.2) is 0 Å². The van der Waals surface area contributed by atoms with Crippen LogP contribution in [-0.2, 0) is 5.75 Å². The van der Waals surface area contributed by atoms with Gasteiger partial charge in [-0.05, 0) is 35.9 Å². The minimum Gasteiger partial charge on any atom is -0.497 e. The predicted molar refractivity (Wildman–Crippen MR) is 86.7 cm³/mol. The number of thioether (sulfide) groups is 1. The molecule has 0 N–H and O–H groups in total. The molecule has 1 aromatic heterocycles. The number of ether oxygens (including phenoxy) is 1. The van der Waals surface area contributed by atoms with Crippen molar-refractivity contribution in [3.05, 3.63) is 72.7 Å². The number of rotatable bonds is 5. The Morgan fingerprint density at radius 1 is 0.952 bits per heavy atom.